The second kappa shape index (κ2) is 10.1. The van der Waals surface area contributed by atoms with Crippen LogP contribution in [0.3, 0.4) is 0 Å². The molecule has 0 saturated heterocycles. The van der Waals surface area contributed by atoms with Gasteiger partial charge in [0.2, 0.25) is 10.0 Å². The van der Waals surface area contributed by atoms with Gasteiger partial charge in [-0.1, -0.05) is 18.2 Å². The lowest BCUT2D eigenvalue weighted by Crippen LogP contribution is -2.29. The quantitative estimate of drug-likeness (QED) is 0.374. The van der Waals surface area contributed by atoms with Crippen molar-refractivity contribution in [1.82, 2.24) is 0 Å². The van der Waals surface area contributed by atoms with E-state index in [4.69, 9.17) is 4.74 Å². The molecule has 0 aliphatic heterocycles. The van der Waals surface area contributed by atoms with Crippen LogP contribution in [0.4, 0.5) is 21.5 Å². The van der Waals surface area contributed by atoms with Crippen LogP contribution in [0.15, 0.2) is 72.8 Å². The maximum Gasteiger partial charge on any atom is 0.271 e. The highest BCUT2D eigenvalue weighted by atomic mass is 32.2. The van der Waals surface area contributed by atoms with Crippen molar-refractivity contribution in [3.8, 4) is 5.75 Å². The maximum absolute atomic E-state index is 13.1. The molecule has 0 saturated carbocycles. The topological polar surface area (TPSA) is 119 Å². The lowest BCUT2D eigenvalue weighted by molar-refractivity contribution is -0.384. The molecule has 3 rings (SSSR count). The number of carbonyl (C=O) groups is 1. The van der Waals surface area contributed by atoms with Crippen LogP contribution in [0.25, 0.3) is 0 Å². The second-order valence-electron chi connectivity index (χ2n) is 7.03. The Labute approximate surface area is 189 Å². The number of nitro benzene ring substituents is 1. The van der Waals surface area contributed by atoms with E-state index in [9.17, 15) is 27.7 Å². The Balaban J connectivity index is 1.63. The van der Waals surface area contributed by atoms with Gasteiger partial charge in [-0.05, 0) is 48.0 Å². The molecular weight excluding hydrogens is 453 g/mol. The number of non-ortho nitro benzene ring substituents is 1. The summed E-state index contributed by atoms with van der Waals surface area (Å²) in [7, 11) is -3.62. The van der Waals surface area contributed by atoms with Gasteiger partial charge in [-0.15, -0.1) is 0 Å². The molecule has 1 N–H and O–H groups in total. The molecule has 0 bridgehead atoms. The van der Waals surface area contributed by atoms with E-state index in [1.165, 1.54) is 77.1 Å². The average Bonchev–Trinajstić information content (AvgIpc) is 2.77. The standard InChI is InChI=1S/C22H20FN3O6S/c1-33(30,31)25(14-16-5-7-17(23)8-6-16)19-9-11-21(12-10-19)32-15-22(27)24-18-3-2-4-20(13-18)26(28)29/h2-13H,14-15H2,1H3,(H,24,27). The molecular formula is C22H20FN3O6S. The molecule has 3 aromatic carbocycles. The zero-order valence-corrected chi connectivity index (χ0v) is 18.3. The number of hydrogen-bond donors (Lipinski definition) is 1. The molecule has 11 heteroatoms. The van der Waals surface area contributed by atoms with Crippen LogP contribution in [0.5, 0.6) is 5.75 Å². The first-order valence-electron chi connectivity index (χ1n) is 9.61. The number of nitrogens with one attached hydrogen (secondary N) is 1. The van der Waals surface area contributed by atoms with Crippen molar-refractivity contribution in [1.29, 1.82) is 0 Å². The van der Waals surface area contributed by atoms with E-state index in [1.54, 1.807) is 0 Å². The normalized spacial score (nSPS) is 11.0. The SMILES string of the molecule is CS(=O)(=O)N(Cc1ccc(F)cc1)c1ccc(OCC(=O)Nc2cccc([N+](=O)[O-])c2)cc1. The molecule has 0 radical (unpaired) electrons. The summed E-state index contributed by atoms with van der Waals surface area (Å²) in [6.07, 6.45) is 1.07. The van der Waals surface area contributed by atoms with Crippen LogP contribution >= 0.6 is 0 Å². The van der Waals surface area contributed by atoms with Gasteiger partial charge in [-0.25, -0.2) is 12.8 Å². The zero-order chi connectivity index (χ0) is 24.0. The number of nitro groups is 1. The molecule has 0 spiro atoms. The van der Waals surface area contributed by atoms with Crippen molar-refractivity contribution in [2.75, 3.05) is 22.5 Å². The summed E-state index contributed by atoms with van der Waals surface area (Å²) in [4.78, 5) is 22.3. The Morgan fingerprint density at radius 1 is 1.09 bits per heavy atom. The Hall–Kier alpha value is -3.99. The minimum Gasteiger partial charge on any atom is -0.484 e. The maximum atomic E-state index is 13.1. The number of carbonyl (C=O) groups excluding carboxylic acids is 1. The summed E-state index contributed by atoms with van der Waals surface area (Å²) in [6, 6.07) is 17.1. The highest BCUT2D eigenvalue weighted by Crippen LogP contribution is 2.24. The highest BCUT2D eigenvalue weighted by molar-refractivity contribution is 7.92. The van der Waals surface area contributed by atoms with E-state index in [-0.39, 0.29) is 24.5 Å². The first-order valence-corrected chi connectivity index (χ1v) is 11.5. The Bertz CT molecular complexity index is 1250. The van der Waals surface area contributed by atoms with Crippen molar-refractivity contribution in [2.45, 2.75) is 6.54 Å². The van der Waals surface area contributed by atoms with Gasteiger partial charge in [0.05, 0.1) is 23.4 Å². The third kappa shape index (κ3) is 6.74. The smallest absolute Gasteiger partial charge is 0.271 e. The molecule has 0 aliphatic rings. The Morgan fingerprint density at radius 3 is 2.36 bits per heavy atom. The monoisotopic (exact) mass is 473 g/mol. The van der Waals surface area contributed by atoms with Crippen LogP contribution in [0.2, 0.25) is 0 Å². The summed E-state index contributed by atoms with van der Waals surface area (Å²) in [6.45, 7) is -0.335. The van der Waals surface area contributed by atoms with E-state index in [0.717, 1.165) is 6.26 Å². The highest BCUT2D eigenvalue weighted by Gasteiger charge is 2.18. The van der Waals surface area contributed by atoms with Crippen LogP contribution in [0, 0.1) is 15.9 Å². The molecule has 33 heavy (non-hydrogen) atoms. The second-order valence-corrected chi connectivity index (χ2v) is 8.94. The van der Waals surface area contributed by atoms with Crippen molar-refractivity contribution in [3.63, 3.8) is 0 Å². The van der Waals surface area contributed by atoms with E-state index in [0.29, 0.717) is 17.0 Å². The minimum absolute atomic E-state index is 0.0188. The zero-order valence-electron chi connectivity index (χ0n) is 17.5. The minimum atomic E-state index is -3.62. The van der Waals surface area contributed by atoms with Crippen LogP contribution in [0.1, 0.15) is 5.56 Å². The van der Waals surface area contributed by atoms with Gasteiger partial charge in [0, 0.05) is 17.8 Å². The number of amides is 1. The predicted molar refractivity (Wildman–Crippen MR) is 121 cm³/mol. The van der Waals surface area contributed by atoms with Crippen molar-refractivity contribution in [2.24, 2.45) is 0 Å². The molecule has 172 valence electrons. The summed E-state index contributed by atoms with van der Waals surface area (Å²) < 4.78 is 44.2. The molecule has 0 aliphatic carbocycles. The fourth-order valence-electron chi connectivity index (χ4n) is 2.91. The molecule has 0 heterocycles. The number of rotatable bonds is 9. The van der Waals surface area contributed by atoms with Gasteiger partial charge in [-0.2, -0.15) is 0 Å². The summed E-state index contributed by atoms with van der Waals surface area (Å²) in [5.74, 6) is -0.613. The van der Waals surface area contributed by atoms with Gasteiger partial charge < -0.3 is 10.1 Å². The Morgan fingerprint density at radius 2 is 1.76 bits per heavy atom. The third-order valence-electron chi connectivity index (χ3n) is 4.48. The van der Waals surface area contributed by atoms with Crippen molar-refractivity contribution >= 4 is 33.0 Å². The molecule has 0 aromatic heterocycles. The molecule has 3 aromatic rings. The van der Waals surface area contributed by atoms with E-state index in [1.807, 2.05) is 0 Å². The fourth-order valence-corrected chi connectivity index (χ4v) is 3.80. The number of anilines is 2. The van der Waals surface area contributed by atoms with Gasteiger partial charge in [0.15, 0.2) is 6.61 Å². The molecule has 1 amide bonds. The fraction of sp³-hybridized carbons (Fsp3) is 0.136. The van der Waals surface area contributed by atoms with Gasteiger partial charge >= 0.3 is 0 Å². The molecule has 0 atom stereocenters. The van der Waals surface area contributed by atoms with Crippen molar-refractivity contribution in [3.05, 3.63) is 94.3 Å². The lowest BCUT2D eigenvalue weighted by atomic mass is 10.2. The average molecular weight is 473 g/mol. The number of hydrogen-bond acceptors (Lipinski definition) is 6. The van der Waals surface area contributed by atoms with Gasteiger partial charge in [0.1, 0.15) is 11.6 Å². The molecule has 0 fully saturated rings. The third-order valence-corrected chi connectivity index (χ3v) is 5.62. The van der Waals surface area contributed by atoms with Crippen LogP contribution in [-0.4, -0.2) is 32.1 Å². The number of ether oxygens (including phenoxy) is 1. The van der Waals surface area contributed by atoms with Gasteiger partial charge in [0.25, 0.3) is 11.6 Å². The number of sulfonamides is 1. The molecule has 9 nitrogen and oxygen atoms in total. The van der Waals surface area contributed by atoms with E-state index in [2.05, 4.69) is 5.32 Å². The first-order chi connectivity index (χ1) is 15.6. The largest absolute Gasteiger partial charge is 0.484 e. The summed E-state index contributed by atoms with van der Waals surface area (Å²) in [5, 5.41) is 13.3. The van der Waals surface area contributed by atoms with Crippen molar-refractivity contribution < 1.29 is 27.3 Å². The van der Waals surface area contributed by atoms with Gasteiger partial charge in [-0.3, -0.25) is 19.2 Å². The summed E-state index contributed by atoms with van der Waals surface area (Å²) in [5.41, 5.74) is 1.09. The Kier molecular flexibility index (Phi) is 7.23. The number of nitrogens with zero attached hydrogens (tertiary/aromatic N) is 2. The summed E-state index contributed by atoms with van der Waals surface area (Å²) >= 11 is 0. The lowest BCUT2D eigenvalue weighted by Gasteiger charge is -2.22. The van der Waals surface area contributed by atoms with E-state index < -0.39 is 26.7 Å². The first kappa shape index (κ1) is 23.7. The number of halogens is 1. The van der Waals surface area contributed by atoms with Crippen LogP contribution in [-0.2, 0) is 21.4 Å². The van der Waals surface area contributed by atoms with E-state index >= 15 is 0 Å². The molecule has 0 unspecified atom stereocenters. The van der Waals surface area contributed by atoms with Crippen LogP contribution < -0.4 is 14.4 Å². The number of benzene rings is 3. The predicted octanol–water partition coefficient (Wildman–Crippen LogP) is 3.72.